The van der Waals surface area contributed by atoms with Crippen molar-refractivity contribution in [3.05, 3.63) is 90.7 Å². The molecule has 0 saturated heterocycles. The van der Waals surface area contributed by atoms with E-state index in [1.165, 1.54) is 18.3 Å². The number of hydrazone groups is 1. The lowest BCUT2D eigenvalue weighted by atomic mass is 10.1. The fourth-order valence-electron chi connectivity index (χ4n) is 2.86. The molecule has 0 fully saturated rings. The van der Waals surface area contributed by atoms with Crippen LogP contribution >= 0.6 is 45.8 Å². The minimum Gasteiger partial charge on any atom is -0.490 e. The minimum absolute atomic E-state index is 0.0966. The quantitative estimate of drug-likeness (QED) is 0.175. The number of carbonyl (C=O) groups is 1. The topological polar surface area (TPSA) is 59.9 Å². The summed E-state index contributed by atoms with van der Waals surface area (Å²) in [6.45, 7) is 2.57. The van der Waals surface area contributed by atoms with Gasteiger partial charge in [-0.15, -0.1) is 0 Å². The molecule has 3 aromatic rings. The molecule has 3 rings (SSSR count). The summed E-state index contributed by atoms with van der Waals surface area (Å²) in [6.07, 6.45) is 1.62. The molecule has 0 heterocycles. The van der Waals surface area contributed by atoms with E-state index < -0.39 is 0 Å². The summed E-state index contributed by atoms with van der Waals surface area (Å²) in [5, 5.41) is 5.09. The van der Waals surface area contributed by atoms with Crippen LogP contribution in [0.1, 0.15) is 23.6 Å². The van der Waals surface area contributed by atoms with Gasteiger partial charge >= 0.3 is 0 Å². The number of nitrogens with one attached hydrogen (secondary N) is 1. The Balaban J connectivity index is 1.67. The summed E-state index contributed by atoms with van der Waals surface area (Å²) in [4.78, 5) is 12.1. The Bertz CT molecular complexity index is 1160. The molecule has 0 bridgehead atoms. The highest BCUT2D eigenvalue weighted by molar-refractivity contribution is 14.1. The number of amides is 1. The summed E-state index contributed by atoms with van der Waals surface area (Å²) < 4.78 is 25.5. The van der Waals surface area contributed by atoms with Gasteiger partial charge in [-0.1, -0.05) is 41.4 Å². The molecule has 33 heavy (non-hydrogen) atoms. The van der Waals surface area contributed by atoms with Crippen LogP contribution in [-0.2, 0) is 17.8 Å². The van der Waals surface area contributed by atoms with Crippen LogP contribution in [0.5, 0.6) is 11.5 Å². The first-order valence-electron chi connectivity index (χ1n) is 9.95. The van der Waals surface area contributed by atoms with Crippen LogP contribution in [0.25, 0.3) is 0 Å². The number of hydrogen-bond acceptors (Lipinski definition) is 4. The molecule has 0 aliphatic carbocycles. The van der Waals surface area contributed by atoms with E-state index in [0.717, 1.165) is 14.7 Å². The molecule has 0 saturated carbocycles. The zero-order chi connectivity index (χ0) is 23.8. The summed E-state index contributed by atoms with van der Waals surface area (Å²) in [6, 6.07) is 14.6. The summed E-state index contributed by atoms with van der Waals surface area (Å²) in [7, 11) is 0. The number of carbonyl (C=O) groups excluding carboxylic acids is 1. The van der Waals surface area contributed by atoms with Crippen molar-refractivity contribution >= 4 is 57.9 Å². The van der Waals surface area contributed by atoms with E-state index in [9.17, 15) is 9.18 Å². The van der Waals surface area contributed by atoms with E-state index in [0.29, 0.717) is 33.7 Å². The normalized spacial score (nSPS) is 10.9. The van der Waals surface area contributed by atoms with Gasteiger partial charge in [-0.2, -0.15) is 5.10 Å². The average Bonchev–Trinajstić information content (AvgIpc) is 2.76. The van der Waals surface area contributed by atoms with Crippen LogP contribution in [0.2, 0.25) is 10.0 Å². The first kappa shape index (κ1) is 25.3. The van der Waals surface area contributed by atoms with Crippen molar-refractivity contribution in [3.8, 4) is 11.5 Å². The minimum atomic E-state index is -0.347. The van der Waals surface area contributed by atoms with Crippen molar-refractivity contribution in [2.45, 2.75) is 20.0 Å². The molecule has 0 spiro atoms. The van der Waals surface area contributed by atoms with Gasteiger partial charge in [0, 0.05) is 15.6 Å². The monoisotopic (exact) mass is 600 g/mol. The number of ether oxygens (including phenoxy) is 2. The van der Waals surface area contributed by atoms with Crippen LogP contribution in [0.15, 0.2) is 59.7 Å². The number of rotatable bonds is 9. The molecule has 9 heteroatoms. The lowest BCUT2D eigenvalue weighted by Crippen LogP contribution is -2.19. The Labute approximate surface area is 215 Å². The molecule has 0 radical (unpaired) electrons. The Morgan fingerprint density at radius 3 is 2.58 bits per heavy atom. The molecule has 0 aliphatic rings. The van der Waals surface area contributed by atoms with Gasteiger partial charge in [-0.05, 0) is 77.0 Å². The van der Waals surface area contributed by atoms with Crippen molar-refractivity contribution < 1.29 is 18.7 Å². The zero-order valence-corrected chi connectivity index (χ0v) is 21.2. The average molecular weight is 601 g/mol. The van der Waals surface area contributed by atoms with Gasteiger partial charge in [0.05, 0.1) is 22.8 Å². The fraction of sp³-hybridized carbons (Fsp3) is 0.167. The van der Waals surface area contributed by atoms with Crippen LogP contribution in [0, 0.1) is 9.39 Å². The zero-order valence-electron chi connectivity index (χ0n) is 17.6. The fourth-order valence-corrected chi connectivity index (χ4v) is 4.10. The molecular weight excluding hydrogens is 581 g/mol. The van der Waals surface area contributed by atoms with Crippen LogP contribution < -0.4 is 14.9 Å². The molecule has 0 unspecified atom stereocenters. The third-order valence-electron chi connectivity index (χ3n) is 4.40. The first-order chi connectivity index (χ1) is 15.9. The maximum Gasteiger partial charge on any atom is 0.244 e. The largest absolute Gasteiger partial charge is 0.490 e. The summed E-state index contributed by atoms with van der Waals surface area (Å²) in [5.41, 5.74) is 4.69. The van der Waals surface area contributed by atoms with Crippen LogP contribution in [0.3, 0.4) is 0 Å². The van der Waals surface area contributed by atoms with Gasteiger partial charge in [0.15, 0.2) is 11.5 Å². The second-order valence-electron chi connectivity index (χ2n) is 6.88. The van der Waals surface area contributed by atoms with Crippen molar-refractivity contribution in [1.29, 1.82) is 0 Å². The predicted molar refractivity (Wildman–Crippen MR) is 137 cm³/mol. The molecule has 0 aromatic heterocycles. The predicted octanol–water partition coefficient (Wildman–Crippen LogP) is 6.41. The summed E-state index contributed by atoms with van der Waals surface area (Å²) >= 11 is 14.3. The number of benzene rings is 3. The van der Waals surface area contributed by atoms with Gasteiger partial charge in [-0.3, -0.25) is 4.79 Å². The lowest BCUT2D eigenvalue weighted by molar-refractivity contribution is -0.120. The molecule has 172 valence electrons. The van der Waals surface area contributed by atoms with E-state index >= 15 is 0 Å². The molecule has 1 N–H and O–H groups in total. The highest BCUT2D eigenvalue weighted by atomic mass is 127. The van der Waals surface area contributed by atoms with Gasteiger partial charge in [0.25, 0.3) is 0 Å². The molecule has 0 aliphatic heterocycles. The highest BCUT2D eigenvalue weighted by Gasteiger charge is 2.13. The van der Waals surface area contributed by atoms with Gasteiger partial charge in [-0.25, -0.2) is 9.82 Å². The Morgan fingerprint density at radius 2 is 1.88 bits per heavy atom. The maximum absolute atomic E-state index is 13.0. The van der Waals surface area contributed by atoms with E-state index in [2.05, 4.69) is 33.1 Å². The Morgan fingerprint density at radius 1 is 1.12 bits per heavy atom. The second-order valence-corrected chi connectivity index (χ2v) is 8.89. The third kappa shape index (κ3) is 7.58. The number of halogens is 4. The molecule has 3 aromatic carbocycles. The third-order valence-corrected chi connectivity index (χ3v) is 5.79. The van der Waals surface area contributed by atoms with Gasteiger partial charge < -0.3 is 9.47 Å². The van der Waals surface area contributed by atoms with Crippen LogP contribution in [-0.4, -0.2) is 18.7 Å². The van der Waals surface area contributed by atoms with Crippen LogP contribution in [0.4, 0.5) is 4.39 Å². The second kappa shape index (κ2) is 12.2. The SMILES string of the molecule is CCOc1cc(/C=N/NC(=O)Cc2ccc(F)cc2)cc(I)c1OCc1ccc(Cl)cc1Cl. The summed E-state index contributed by atoms with van der Waals surface area (Å²) in [5.74, 6) is 0.479. The van der Waals surface area contributed by atoms with E-state index in [-0.39, 0.29) is 24.8 Å². The lowest BCUT2D eigenvalue weighted by Gasteiger charge is -2.15. The maximum atomic E-state index is 13.0. The van der Waals surface area contributed by atoms with Gasteiger partial charge in [0.2, 0.25) is 5.91 Å². The highest BCUT2D eigenvalue weighted by Crippen LogP contribution is 2.35. The molecule has 1 amide bonds. The molecular formula is C24H20Cl2FIN2O3. The standard InChI is InChI=1S/C24H20Cl2FIN2O3/c1-2-32-22-10-16(13-29-30-23(31)11-15-3-7-19(27)8-4-15)9-21(28)24(22)33-14-17-5-6-18(25)12-20(17)26/h3-10,12-13H,2,11,14H2,1H3,(H,30,31)/b29-13+. The van der Waals surface area contributed by atoms with Gasteiger partial charge in [0.1, 0.15) is 12.4 Å². The van der Waals surface area contributed by atoms with E-state index in [1.807, 2.05) is 19.1 Å². The first-order valence-corrected chi connectivity index (χ1v) is 11.8. The Kier molecular flexibility index (Phi) is 9.34. The number of hydrogen-bond donors (Lipinski definition) is 1. The smallest absolute Gasteiger partial charge is 0.244 e. The van der Waals surface area contributed by atoms with Crippen molar-refractivity contribution in [3.63, 3.8) is 0 Å². The number of nitrogens with zero attached hydrogens (tertiary/aromatic N) is 1. The van der Waals surface area contributed by atoms with E-state index in [1.54, 1.807) is 30.3 Å². The van der Waals surface area contributed by atoms with Crippen molar-refractivity contribution in [2.24, 2.45) is 5.10 Å². The Hall–Kier alpha value is -2.36. The molecule has 5 nitrogen and oxygen atoms in total. The van der Waals surface area contributed by atoms with E-state index in [4.69, 9.17) is 32.7 Å². The van der Waals surface area contributed by atoms with Crippen molar-refractivity contribution in [2.75, 3.05) is 6.61 Å². The molecule has 0 atom stereocenters. The van der Waals surface area contributed by atoms with Crippen molar-refractivity contribution in [1.82, 2.24) is 5.43 Å².